The van der Waals surface area contributed by atoms with Crippen LogP contribution in [0.2, 0.25) is 0 Å². The fourth-order valence-electron chi connectivity index (χ4n) is 4.66. The van der Waals surface area contributed by atoms with Crippen LogP contribution < -0.4 is 5.32 Å². The van der Waals surface area contributed by atoms with Gasteiger partial charge >= 0.3 is 0 Å². The Kier molecular flexibility index (Phi) is 5.49. The fraction of sp³-hybridized carbons (Fsp3) is 0.214. The average Bonchev–Trinajstić information content (AvgIpc) is 3.51. The van der Waals surface area contributed by atoms with Crippen molar-refractivity contribution in [3.05, 3.63) is 89.2 Å². The van der Waals surface area contributed by atoms with E-state index in [-0.39, 0.29) is 17.4 Å². The number of carbonyl (C=O) groups is 2. The Morgan fingerprint density at radius 3 is 2.63 bits per heavy atom. The number of hydrogen-bond acceptors (Lipinski definition) is 5. The molecule has 1 saturated carbocycles. The van der Waals surface area contributed by atoms with Gasteiger partial charge in [-0.1, -0.05) is 54.2 Å². The number of fused-ring (bicyclic) bond motifs is 3. The number of anilines is 1. The minimum atomic E-state index is -0.120. The third-order valence-corrected chi connectivity index (χ3v) is 7.41. The first-order valence-electron chi connectivity index (χ1n) is 11.8. The molecule has 174 valence electrons. The zero-order valence-electron chi connectivity index (χ0n) is 19.3. The SMILES string of the molecule is CC(=O)Nc1cccc(-n2c(SCC(=O)c3ccc4c(c3)-c3ccccc3C4)nnc2C2CC2)c1. The fourth-order valence-corrected chi connectivity index (χ4v) is 5.51. The van der Waals surface area contributed by atoms with Crippen LogP contribution in [-0.4, -0.2) is 32.2 Å². The molecule has 6 nitrogen and oxygen atoms in total. The van der Waals surface area contributed by atoms with Crippen molar-refractivity contribution in [3.8, 4) is 16.8 Å². The first kappa shape index (κ1) is 21.8. The van der Waals surface area contributed by atoms with Gasteiger partial charge in [0.05, 0.1) is 11.4 Å². The number of carbonyl (C=O) groups excluding carboxylic acids is 2. The summed E-state index contributed by atoms with van der Waals surface area (Å²) in [6.45, 7) is 1.49. The summed E-state index contributed by atoms with van der Waals surface area (Å²) >= 11 is 1.40. The minimum absolute atomic E-state index is 0.0664. The molecular weight excluding hydrogens is 456 g/mol. The summed E-state index contributed by atoms with van der Waals surface area (Å²) in [5.41, 5.74) is 7.27. The molecule has 1 amide bonds. The van der Waals surface area contributed by atoms with E-state index in [4.69, 9.17) is 0 Å². The van der Waals surface area contributed by atoms with Gasteiger partial charge in [-0.3, -0.25) is 14.2 Å². The highest BCUT2D eigenvalue weighted by Gasteiger charge is 2.31. The lowest BCUT2D eigenvalue weighted by atomic mass is 10.0. The molecule has 2 aliphatic carbocycles. The standard InChI is InChI=1S/C28H24N4O2S/c1-17(33)29-22-6-4-7-23(15-22)32-27(18-9-10-18)30-31-28(32)35-16-26(34)21-12-11-20-13-19-5-2-3-8-24(19)25(20)14-21/h2-8,11-12,14-15,18H,9-10,13,16H2,1H3,(H,29,33). The zero-order chi connectivity index (χ0) is 23.9. The first-order valence-corrected chi connectivity index (χ1v) is 12.8. The molecule has 0 atom stereocenters. The predicted molar refractivity (Wildman–Crippen MR) is 137 cm³/mol. The van der Waals surface area contributed by atoms with Crippen LogP contribution in [0.5, 0.6) is 0 Å². The van der Waals surface area contributed by atoms with Crippen LogP contribution in [0.1, 0.15) is 53.0 Å². The van der Waals surface area contributed by atoms with Crippen LogP contribution in [0.4, 0.5) is 5.69 Å². The number of ketones is 1. The van der Waals surface area contributed by atoms with Crippen molar-refractivity contribution in [1.29, 1.82) is 0 Å². The lowest BCUT2D eigenvalue weighted by Crippen LogP contribution is -2.08. The number of nitrogens with zero attached hydrogens (tertiary/aromatic N) is 3. The molecule has 0 spiro atoms. The second-order valence-electron chi connectivity index (χ2n) is 9.10. The predicted octanol–water partition coefficient (Wildman–Crippen LogP) is 5.65. The Labute approximate surface area is 207 Å². The van der Waals surface area contributed by atoms with Gasteiger partial charge in [0.15, 0.2) is 10.9 Å². The molecular formula is C28H24N4O2S. The first-order chi connectivity index (χ1) is 17.1. The summed E-state index contributed by atoms with van der Waals surface area (Å²) in [5.74, 6) is 1.51. The summed E-state index contributed by atoms with van der Waals surface area (Å²) in [4.78, 5) is 24.7. The van der Waals surface area contributed by atoms with Crippen molar-refractivity contribution >= 4 is 29.1 Å². The Hall–Kier alpha value is -3.71. The van der Waals surface area contributed by atoms with Crippen molar-refractivity contribution in [3.63, 3.8) is 0 Å². The summed E-state index contributed by atoms with van der Waals surface area (Å²) < 4.78 is 2.03. The Morgan fingerprint density at radius 1 is 0.971 bits per heavy atom. The number of nitrogens with one attached hydrogen (secondary N) is 1. The Bertz CT molecular complexity index is 1470. The maximum absolute atomic E-state index is 13.2. The molecule has 6 rings (SSSR count). The van der Waals surface area contributed by atoms with E-state index in [1.165, 1.54) is 35.4 Å². The van der Waals surface area contributed by atoms with E-state index in [1.807, 2.05) is 47.0 Å². The van der Waals surface area contributed by atoms with Gasteiger partial charge in [-0.2, -0.15) is 0 Å². The highest BCUT2D eigenvalue weighted by molar-refractivity contribution is 7.99. The van der Waals surface area contributed by atoms with Gasteiger partial charge in [-0.15, -0.1) is 10.2 Å². The molecule has 0 bridgehead atoms. The van der Waals surface area contributed by atoms with Crippen LogP contribution in [0.15, 0.2) is 71.9 Å². The molecule has 0 saturated heterocycles. The largest absolute Gasteiger partial charge is 0.326 e. The number of benzene rings is 3. The number of amides is 1. The van der Waals surface area contributed by atoms with Crippen LogP contribution in [-0.2, 0) is 11.2 Å². The summed E-state index contributed by atoms with van der Waals surface area (Å²) in [7, 11) is 0. The van der Waals surface area contributed by atoms with E-state index >= 15 is 0 Å². The van der Waals surface area contributed by atoms with Gasteiger partial charge in [-0.05, 0) is 65.8 Å². The van der Waals surface area contributed by atoms with E-state index in [0.717, 1.165) is 42.0 Å². The van der Waals surface area contributed by atoms with Gasteiger partial charge in [0.2, 0.25) is 5.91 Å². The number of thioether (sulfide) groups is 1. The van der Waals surface area contributed by atoms with E-state index < -0.39 is 0 Å². The van der Waals surface area contributed by atoms with Crippen molar-refractivity contribution in [2.45, 2.75) is 37.3 Å². The zero-order valence-corrected chi connectivity index (χ0v) is 20.1. The van der Waals surface area contributed by atoms with E-state index in [1.54, 1.807) is 0 Å². The van der Waals surface area contributed by atoms with Crippen LogP contribution >= 0.6 is 11.8 Å². The summed E-state index contributed by atoms with van der Waals surface area (Å²) in [6, 6.07) is 22.1. The van der Waals surface area contributed by atoms with Crippen LogP contribution in [0.25, 0.3) is 16.8 Å². The van der Waals surface area contributed by atoms with Gasteiger partial charge in [0.25, 0.3) is 0 Å². The molecule has 0 radical (unpaired) electrons. The van der Waals surface area contributed by atoms with Crippen molar-refractivity contribution in [1.82, 2.24) is 14.8 Å². The summed E-state index contributed by atoms with van der Waals surface area (Å²) in [6.07, 6.45) is 3.09. The van der Waals surface area contributed by atoms with Gasteiger partial charge in [-0.25, -0.2) is 0 Å². The third kappa shape index (κ3) is 4.28. The molecule has 1 fully saturated rings. The van der Waals surface area contributed by atoms with Gasteiger partial charge in [0, 0.05) is 24.1 Å². The second kappa shape index (κ2) is 8.82. The normalized spacial score (nSPS) is 13.9. The molecule has 1 N–H and O–H groups in total. The molecule has 2 aliphatic rings. The van der Waals surface area contributed by atoms with Crippen molar-refractivity contribution < 1.29 is 9.59 Å². The van der Waals surface area contributed by atoms with Crippen LogP contribution in [0.3, 0.4) is 0 Å². The highest BCUT2D eigenvalue weighted by atomic mass is 32.2. The Morgan fingerprint density at radius 2 is 1.80 bits per heavy atom. The average molecular weight is 481 g/mol. The molecule has 3 aromatic carbocycles. The number of Topliss-reactive ketones (excluding diaryl/α,β-unsaturated/α-hetero) is 1. The molecule has 7 heteroatoms. The lowest BCUT2D eigenvalue weighted by Gasteiger charge is -2.12. The van der Waals surface area contributed by atoms with Gasteiger partial charge < -0.3 is 5.32 Å². The summed E-state index contributed by atoms with van der Waals surface area (Å²) in [5, 5.41) is 12.4. The smallest absolute Gasteiger partial charge is 0.221 e. The van der Waals surface area contributed by atoms with E-state index in [2.05, 4.69) is 39.8 Å². The molecule has 1 aromatic heterocycles. The third-order valence-electron chi connectivity index (χ3n) is 6.48. The van der Waals surface area contributed by atoms with E-state index in [0.29, 0.717) is 16.6 Å². The molecule has 4 aromatic rings. The second-order valence-corrected chi connectivity index (χ2v) is 10.0. The monoisotopic (exact) mass is 480 g/mol. The number of aromatic nitrogens is 3. The molecule has 0 aliphatic heterocycles. The highest BCUT2D eigenvalue weighted by Crippen LogP contribution is 2.41. The van der Waals surface area contributed by atoms with Gasteiger partial charge in [0.1, 0.15) is 5.82 Å². The van der Waals surface area contributed by atoms with E-state index in [9.17, 15) is 9.59 Å². The molecule has 0 unspecified atom stereocenters. The van der Waals surface area contributed by atoms with Crippen molar-refractivity contribution in [2.24, 2.45) is 0 Å². The van der Waals surface area contributed by atoms with Crippen LogP contribution in [0, 0.1) is 0 Å². The minimum Gasteiger partial charge on any atom is -0.326 e. The molecule has 1 heterocycles. The maximum atomic E-state index is 13.2. The molecule has 35 heavy (non-hydrogen) atoms. The topological polar surface area (TPSA) is 76.9 Å². The quantitative estimate of drug-likeness (QED) is 0.241. The maximum Gasteiger partial charge on any atom is 0.221 e. The van der Waals surface area contributed by atoms with Crippen molar-refractivity contribution in [2.75, 3.05) is 11.1 Å². The number of rotatable bonds is 7. The number of hydrogen-bond donors (Lipinski definition) is 1. The lowest BCUT2D eigenvalue weighted by molar-refractivity contribution is -0.114. The Balaban J connectivity index is 1.25.